The van der Waals surface area contributed by atoms with E-state index >= 15 is 0 Å². The molecule has 0 fully saturated rings. The molecule has 0 aliphatic carbocycles. The van der Waals surface area contributed by atoms with Crippen molar-refractivity contribution in [2.24, 2.45) is 0 Å². The van der Waals surface area contributed by atoms with Gasteiger partial charge in [-0.25, -0.2) is 13.4 Å². The van der Waals surface area contributed by atoms with Crippen molar-refractivity contribution < 1.29 is 13.2 Å². The van der Waals surface area contributed by atoms with E-state index in [0.29, 0.717) is 18.0 Å². The summed E-state index contributed by atoms with van der Waals surface area (Å²) in [6.45, 7) is 0.586. The summed E-state index contributed by atoms with van der Waals surface area (Å²) in [7, 11) is -3.66. The van der Waals surface area contributed by atoms with Gasteiger partial charge in [0.15, 0.2) is 0 Å². The minimum absolute atomic E-state index is 0.114. The molecule has 6 nitrogen and oxygen atoms in total. The minimum Gasteiger partial charge on any atom is -0.489 e. The highest BCUT2D eigenvalue weighted by atomic mass is 32.2. The third-order valence-corrected chi connectivity index (χ3v) is 4.83. The fraction of sp³-hybridized carbons (Fsp3) is 0.154. The third kappa shape index (κ3) is 2.05. The van der Waals surface area contributed by atoms with Gasteiger partial charge < -0.3 is 10.5 Å². The number of benzene rings is 1. The summed E-state index contributed by atoms with van der Waals surface area (Å²) in [5.74, 6) is 0.844. The van der Waals surface area contributed by atoms with Gasteiger partial charge in [-0.1, -0.05) is 12.1 Å². The van der Waals surface area contributed by atoms with Crippen molar-refractivity contribution in [3.63, 3.8) is 0 Å². The Balaban J connectivity index is 2.07. The Morgan fingerprint density at radius 3 is 2.75 bits per heavy atom. The number of anilines is 2. The zero-order valence-corrected chi connectivity index (χ0v) is 11.4. The molecule has 0 radical (unpaired) electrons. The lowest BCUT2D eigenvalue weighted by Gasteiger charge is -2.30. The van der Waals surface area contributed by atoms with Gasteiger partial charge in [-0.15, -0.1) is 0 Å². The zero-order chi connectivity index (χ0) is 14.2. The summed E-state index contributed by atoms with van der Waals surface area (Å²) in [5.41, 5.74) is 6.02. The molecule has 3 rings (SSSR count). The predicted molar refractivity (Wildman–Crippen MR) is 75.1 cm³/mol. The van der Waals surface area contributed by atoms with Gasteiger partial charge in [0.25, 0.3) is 10.0 Å². The summed E-state index contributed by atoms with van der Waals surface area (Å²) in [5, 5.41) is 0. The average Bonchev–Trinajstić information content (AvgIpc) is 2.47. The molecule has 0 saturated heterocycles. The van der Waals surface area contributed by atoms with Crippen molar-refractivity contribution in [1.29, 1.82) is 0 Å². The third-order valence-electron chi connectivity index (χ3n) is 3.03. The Morgan fingerprint density at radius 2 is 2.00 bits per heavy atom. The first kappa shape index (κ1) is 12.7. The second-order valence-corrected chi connectivity index (χ2v) is 6.17. The lowest BCUT2D eigenvalue weighted by Crippen LogP contribution is -2.37. The maximum atomic E-state index is 12.7. The molecule has 2 N–H and O–H groups in total. The van der Waals surface area contributed by atoms with Gasteiger partial charge in [0, 0.05) is 6.20 Å². The van der Waals surface area contributed by atoms with Gasteiger partial charge in [0.05, 0.1) is 12.2 Å². The highest BCUT2D eigenvalue weighted by Gasteiger charge is 2.29. The molecule has 0 spiro atoms. The quantitative estimate of drug-likeness (QED) is 0.900. The van der Waals surface area contributed by atoms with Crippen molar-refractivity contribution in [2.75, 3.05) is 23.2 Å². The molecule has 0 unspecified atom stereocenters. The Morgan fingerprint density at radius 1 is 1.20 bits per heavy atom. The van der Waals surface area contributed by atoms with Crippen molar-refractivity contribution >= 4 is 21.5 Å². The van der Waals surface area contributed by atoms with E-state index in [0.717, 1.165) is 0 Å². The fourth-order valence-electron chi connectivity index (χ4n) is 2.07. The van der Waals surface area contributed by atoms with Crippen molar-refractivity contribution in [2.45, 2.75) is 4.90 Å². The summed E-state index contributed by atoms with van der Waals surface area (Å²) in [4.78, 5) is 3.95. The molecule has 2 aromatic rings. The van der Waals surface area contributed by atoms with Crippen molar-refractivity contribution in [1.82, 2.24) is 4.98 Å². The highest BCUT2D eigenvalue weighted by Crippen LogP contribution is 2.34. The first-order valence-electron chi connectivity index (χ1n) is 6.05. The van der Waals surface area contributed by atoms with Crippen LogP contribution in [0.15, 0.2) is 47.5 Å². The van der Waals surface area contributed by atoms with Gasteiger partial charge >= 0.3 is 0 Å². The summed E-state index contributed by atoms with van der Waals surface area (Å²) in [6, 6.07) is 9.97. The first-order chi connectivity index (χ1) is 9.59. The van der Waals surface area contributed by atoms with E-state index in [2.05, 4.69) is 4.98 Å². The number of rotatable bonds is 2. The van der Waals surface area contributed by atoms with E-state index in [1.54, 1.807) is 24.3 Å². The molecule has 2 heterocycles. The van der Waals surface area contributed by atoms with Gasteiger partial charge in [0.1, 0.15) is 23.1 Å². The van der Waals surface area contributed by atoms with Gasteiger partial charge in [0.2, 0.25) is 0 Å². The van der Waals surface area contributed by atoms with Crippen LogP contribution in [0.5, 0.6) is 5.75 Å². The van der Waals surface area contributed by atoms with Crippen LogP contribution in [0.4, 0.5) is 11.5 Å². The largest absolute Gasteiger partial charge is 0.489 e. The Labute approximate surface area is 116 Å². The number of pyridine rings is 1. The topological polar surface area (TPSA) is 85.5 Å². The number of hydrogen-bond donors (Lipinski definition) is 1. The van der Waals surface area contributed by atoms with E-state index in [4.69, 9.17) is 10.5 Å². The van der Waals surface area contributed by atoms with Crippen LogP contribution in [0, 0.1) is 0 Å². The molecule has 0 bridgehead atoms. The number of sulfonamides is 1. The van der Waals surface area contributed by atoms with Gasteiger partial charge in [-0.3, -0.25) is 4.31 Å². The average molecular weight is 291 g/mol. The summed E-state index contributed by atoms with van der Waals surface area (Å²) < 4.78 is 32.1. The monoisotopic (exact) mass is 291 g/mol. The number of nitrogens with zero attached hydrogens (tertiary/aromatic N) is 2. The lowest BCUT2D eigenvalue weighted by atomic mass is 10.2. The SMILES string of the molecule is Nc1ccc(S(=O)(=O)N2CCOc3ccccc32)cn1. The molecule has 0 amide bonds. The lowest BCUT2D eigenvalue weighted by molar-refractivity contribution is 0.316. The first-order valence-corrected chi connectivity index (χ1v) is 7.49. The molecule has 1 aliphatic heterocycles. The number of aromatic nitrogens is 1. The minimum atomic E-state index is -3.66. The molecule has 0 saturated carbocycles. The predicted octanol–water partition coefficient (Wildman–Crippen LogP) is 1.25. The zero-order valence-electron chi connectivity index (χ0n) is 10.6. The number of ether oxygens (including phenoxy) is 1. The molecule has 20 heavy (non-hydrogen) atoms. The molecule has 1 aromatic heterocycles. The maximum Gasteiger partial charge on any atom is 0.266 e. The van der Waals surface area contributed by atoms with Crippen LogP contribution >= 0.6 is 0 Å². The fourth-order valence-corrected chi connectivity index (χ4v) is 3.47. The number of hydrogen-bond acceptors (Lipinski definition) is 5. The van der Waals surface area contributed by atoms with Crippen molar-refractivity contribution in [3.8, 4) is 5.75 Å². The normalized spacial score (nSPS) is 14.5. The van der Waals surface area contributed by atoms with E-state index in [1.807, 2.05) is 0 Å². The standard InChI is InChI=1S/C13H13N3O3S/c14-13-6-5-10(9-15-13)20(17,18)16-7-8-19-12-4-2-1-3-11(12)16/h1-6,9H,7-8H2,(H2,14,15). The number of para-hydroxylation sites is 2. The van der Waals surface area contributed by atoms with Crippen LogP contribution in [0.1, 0.15) is 0 Å². The molecule has 104 valence electrons. The van der Waals surface area contributed by atoms with Crippen LogP contribution in [0.2, 0.25) is 0 Å². The van der Waals surface area contributed by atoms with Crippen molar-refractivity contribution in [3.05, 3.63) is 42.6 Å². The van der Waals surface area contributed by atoms with Crippen LogP contribution < -0.4 is 14.8 Å². The van der Waals surface area contributed by atoms with Crippen LogP contribution in [-0.4, -0.2) is 26.6 Å². The van der Waals surface area contributed by atoms with Gasteiger partial charge in [-0.05, 0) is 24.3 Å². The second-order valence-electron chi connectivity index (χ2n) is 4.31. The molecular formula is C13H13N3O3S. The molecular weight excluding hydrogens is 278 g/mol. The van der Waals surface area contributed by atoms with E-state index in [9.17, 15) is 8.42 Å². The smallest absolute Gasteiger partial charge is 0.266 e. The van der Waals surface area contributed by atoms with Crippen LogP contribution in [0.25, 0.3) is 0 Å². The molecule has 7 heteroatoms. The molecule has 0 atom stereocenters. The van der Waals surface area contributed by atoms with Gasteiger partial charge in [-0.2, -0.15) is 0 Å². The Kier molecular flexibility index (Phi) is 2.98. The number of nitrogens with two attached hydrogens (primary N) is 1. The Bertz CT molecular complexity index is 729. The maximum absolute atomic E-state index is 12.7. The Hall–Kier alpha value is -2.28. The van der Waals surface area contributed by atoms with E-state index in [1.165, 1.54) is 22.6 Å². The number of fused-ring (bicyclic) bond motifs is 1. The van der Waals surface area contributed by atoms with Crippen LogP contribution in [0.3, 0.4) is 0 Å². The van der Waals surface area contributed by atoms with Crippen LogP contribution in [-0.2, 0) is 10.0 Å². The summed E-state index contributed by atoms with van der Waals surface area (Å²) >= 11 is 0. The highest BCUT2D eigenvalue weighted by molar-refractivity contribution is 7.92. The molecule has 1 aromatic carbocycles. The molecule has 1 aliphatic rings. The second kappa shape index (κ2) is 4.68. The number of nitrogen functional groups attached to an aromatic ring is 1. The van der Waals surface area contributed by atoms with E-state index < -0.39 is 10.0 Å². The van der Waals surface area contributed by atoms with E-state index in [-0.39, 0.29) is 17.3 Å². The summed E-state index contributed by atoms with van der Waals surface area (Å²) in [6.07, 6.45) is 1.27.